The first-order valence-electron chi connectivity index (χ1n) is 4.94. The molecule has 0 saturated heterocycles. The van der Waals surface area contributed by atoms with Crippen LogP contribution in [0.3, 0.4) is 0 Å². The van der Waals surface area contributed by atoms with Crippen molar-refractivity contribution in [2.75, 3.05) is 0 Å². The van der Waals surface area contributed by atoms with Gasteiger partial charge in [-0.05, 0) is 24.3 Å². The highest BCUT2D eigenvalue weighted by Crippen LogP contribution is 2.21. The van der Waals surface area contributed by atoms with Gasteiger partial charge in [0.05, 0.1) is 9.79 Å². The van der Waals surface area contributed by atoms with E-state index in [4.69, 9.17) is 0 Å². The monoisotopic (exact) mass is 262 g/mol. The highest BCUT2D eigenvalue weighted by Gasteiger charge is 2.17. The van der Waals surface area contributed by atoms with Crippen LogP contribution in [0.25, 0.3) is 0 Å². The molecule has 2 aromatic rings. The second-order valence-corrected chi connectivity index (χ2v) is 5.30. The molecule has 0 atom stereocenters. The van der Waals surface area contributed by atoms with Crippen LogP contribution in [0.1, 0.15) is 0 Å². The molecule has 6 nitrogen and oxygen atoms in total. The Labute approximate surface area is 104 Å². The molecule has 7 heteroatoms. The molecule has 0 N–H and O–H groups in total. The molecule has 1 aromatic carbocycles. The van der Waals surface area contributed by atoms with Gasteiger partial charge in [0, 0.05) is 6.20 Å². The molecule has 0 unspecified atom stereocenters. The number of aromatic nitrogens is 1. The summed E-state index contributed by atoms with van der Waals surface area (Å²) in [4.78, 5) is 3.95. The van der Waals surface area contributed by atoms with E-state index in [1.165, 1.54) is 24.3 Å². The largest absolute Gasteiger partial charge is 0.775 e. The average Bonchev–Trinajstić information content (AvgIpc) is 2.41. The van der Waals surface area contributed by atoms with Gasteiger partial charge in [0.1, 0.15) is 0 Å². The minimum atomic E-state index is -3.58. The Balaban J connectivity index is 2.43. The third-order valence-electron chi connectivity index (χ3n) is 2.23. The predicted octanol–water partition coefficient (Wildman–Crippen LogP) is 2.50. The van der Waals surface area contributed by atoms with E-state index in [9.17, 15) is 13.6 Å². The smallest absolute Gasteiger partial charge is 0.208 e. The number of nitrogens with zero attached hydrogens (tertiary/aromatic N) is 3. The quantitative estimate of drug-likeness (QED) is 0.627. The maximum absolute atomic E-state index is 12.1. The molecule has 0 amide bonds. The van der Waals surface area contributed by atoms with E-state index >= 15 is 0 Å². The van der Waals surface area contributed by atoms with Gasteiger partial charge in [-0.15, -0.1) is 5.11 Å². The van der Waals surface area contributed by atoms with Crippen LogP contribution in [-0.4, -0.2) is 13.4 Å². The lowest BCUT2D eigenvalue weighted by atomic mass is 10.4. The minimum Gasteiger partial charge on any atom is -0.775 e. The first-order valence-corrected chi connectivity index (χ1v) is 6.42. The summed E-state index contributed by atoms with van der Waals surface area (Å²) < 4.78 is 24.3. The van der Waals surface area contributed by atoms with E-state index in [0.717, 1.165) is 6.20 Å². The van der Waals surface area contributed by atoms with Crippen LogP contribution in [0.2, 0.25) is 0 Å². The minimum absolute atomic E-state index is 0.0403. The molecule has 0 bridgehead atoms. The van der Waals surface area contributed by atoms with Crippen molar-refractivity contribution >= 4 is 15.7 Å². The second kappa shape index (κ2) is 4.92. The summed E-state index contributed by atoms with van der Waals surface area (Å²) >= 11 is 0. The van der Waals surface area contributed by atoms with Crippen molar-refractivity contribution in [1.29, 1.82) is 0 Å². The lowest BCUT2D eigenvalue weighted by Gasteiger charge is -2.03. The van der Waals surface area contributed by atoms with Crippen LogP contribution in [0.4, 0.5) is 5.82 Å². The van der Waals surface area contributed by atoms with Gasteiger partial charge in [-0.25, -0.2) is 18.7 Å². The Bertz CT molecular complexity index is 652. The Morgan fingerprint density at radius 3 is 2.28 bits per heavy atom. The summed E-state index contributed by atoms with van der Waals surface area (Å²) in [6, 6.07) is 10.7. The van der Waals surface area contributed by atoms with E-state index in [-0.39, 0.29) is 15.6 Å². The first kappa shape index (κ1) is 12.2. The maximum atomic E-state index is 12.1. The van der Waals surface area contributed by atoms with Crippen molar-refractivity contribution in [1.82, 2.24) is 4.98 Å². The fourth-order valence-electron chi connectivity index (χ4n) is 1.37. The number of rotatable bonds is 3. The predicted molar refractivity (Wildman–Crippen MR) is 64.0 cm³/mol. The molecule has 2 rings (SSSR count). The van der Waals surface area contributed by atoms with Crippen molar-refractivity contribution in [3.8, 4) is 0 Å². The van der Waals surface area contributed by atoms with Gasteiger partial charge in [-0.3, -0.25) is 0 Å². The summed E-state index contributed by atoms with van der Waals surface area (Å²) in [7, 11) is -3.58. The molecular formula is C11H8N3O3S-. The fourth-order valence-corrected chi connectivity index (χ4v) is 2.59. The molecule has 0 spiro atoms. The van der Waals surface area contributed by atoms with Crippen LogP contribution in [0, 0.1) is 5.21 Å². The number of hydrogen-bond acceptors (Lipinski definition) is 6. The van der Waals surface area contributed by atoms with Crippen molar-refractivity contribution in [3.05, 3.63) is 53.9 Å². The van der Waals surface area contributed by atoms with Crippen molar-refractivity contribution in [2.24, 2.45) is 10.4 Å². The molecule has 0 fully saturated rings. The van der Waals surface area contributed by atoms with Crippen LogP contribution in [-0.2, 0) is 9.84 Å². The maximum Gasteiger partial charge on any atom is 0.208 e. The van der Waals surface area contributed by atoms with Crippen LogP contribution in [0.5, 0.6) is 0 Å². The summed E-state index contributed by atoms with van der Waals surface area (Å²) in [5.74, 6) is 0.0667. The third kappa shape index (κ3) is 2.35. The zero-order valence-electron chi connectivity index (χ0n) is 9.09. The molecule has 0 saturated carbocycles. The lowest BCUT2D eigenvalue weighted by molar-refractivity contribution is 0.595. The Morgan fingerprint density at radius 1 is 1.00 bits per heavy atom. The molecule has 0 radical (unpaired) electrons. The summed E-state index contributed by atoms with van der Waals surface area (Å²) in [6.07, 6.45) is 1.15. The summed E-state index contributed by atoms with van der Waals surface area (Å²) in [5, 5.41) is 15.4. The Hall–Kier alpha value is -2.28. The SMILES string of the molecule is O=S(=O)(c1ccccc1)c1ccc(N=N[O-])nc1. The van der Waals surface area contributed by atoms with Gasteiger partial charge in [-0.2, -0.15) is 0 Å². The van der Waals surface area contributed by atoms with E-state index in [2.05, 4.69) is 15.4 Å². The van der Waals surface area contributed by atoms with Crippen LogP contribution >= 0.6 is 0 Å². The molecule has 0 aliphatic carbocycles. The number of hydrogen-bond donors (Lipinski definition) is 0. The van der Waals surface area contributed by atoms with Crippen LogP contribution in [0.15, 0.2) is 68.8 Å². The zero-order valence-corrected chi connectivity index (χ0v) is 9.91. The first-order chi connectivity index (χ1) is 8.64. The third-order valence-corrected chi connectivity index (χ3v) is 3.98. The molecule has 92 valence electrons. The van der Waals surface area contributed by atoms with E-state index in [1.54, 1.807) is 18.2 Å². The molecular weight excluding hydrogens is 254 g/mol. The number of pyridine rings is 1. The molecule has 1 aromatic heterocycles. The van der Waals surface area contributed by atoms with Gasteiger partial charge in [0.2, 0.25) is 9.84 Å². The Kier molecular flexibility index (Phi) is 3.33. The number of sulfone groups is 1. The zero-order chi connectivity index (χ0) is 13.0. The Morgan fingerprint density at radius 2 is 1.72 bits per heavy atom. The highest BCUT2D eigenvalue weighted by molar-refractivity contribution is 7.91. The van der Waals surface area contributed by atoms with E-state index < -0.39 is 9.84 Å². The van der Waals surface area contributed by atoms with E-state index in [0.29, 0.717) is 0 Å². The van der Waals surface area contributed by atoms with Crippen molar-refractivity contribution in [2.45, 2.75) is 9.79 Å². The summed E-state index contributed by atoms with van der Waals surface area (Å²) in [6.45, 7) is 0. The van der Waals surface area contributed by atoms with Gasteiger partial charge in [0.15, 0.2) is 5.82 Å². The summed E-state index contributed by atoms with van der Waals surface area (Å²) in [5.41, 5.74) is 0. The second-order valence-electron chi connectivity index (χ2n) is 3.35. The number of benzene rings is 1. The van der Waals surface area contributed by atoms with Crippen LogP contribution < -0.4 is 0 Å². The van der Waals surface area contributed by atoms with Crippen molar-refractivity contribution < 1.29 is 8.42 Å². The molecule has 1 heterocycles. The van der Waals surface area contributed by atoms with Gasteiger partial charge in [0.25, 0.3) is 0 Å². The van der Waals surface area contributed by atoms with Gasteiger partial charge < -0.3 is 5.21 Å². The standard InChI is InChI=1S/C11H9N3O3S/c15-14-13-11-7-6-10(8-12-11)18(16,17)9-4-2-1-3-5-9/h1-8H,(H,12,13,15)/p-1. The molecule has 18 heavy (non-hydrogen) atoms. The highest BCUT2D eigenvalue weighted by atomic mass is 32.2. The van der Waals surface area contributed by atoms with Gasteiger partial charge in [-0.1, -0.05) is 18.2 Å². The van der Waals surface area contributed by atoms with Crippen molar-refractivity contribution in [3.63, 3.8) is 0 Å². The molecule has 0 aliphatic rings. The molecule has 0 aliphatic heterocycles. The lowest BCUT2D eigenvalue weighted by Crippen LogP contribution is -2.01. The normalized spacial score (nSPS) is 11.8. The average molecular weight is 262 g/mol. The van der Waals surface area contributed by atoms with E-state index in [1.807, 2.05) is 0 Å². The van der Waals surface area contributed by atoms with Gasteiger partial charge >= 0.3 is 0 Å². The fraction of sp³-hybridized carbons (Fsp3) is 0. The topological polar surface area (TPSA) is 94.8 Å².